The van der Waals surface area contributed by atoms with Gasteiger partial charge in [0.05, 0.1) is 21.6 Å². The third-order valence-corrected chi connectivity index (χ3v) is 6.35. The molecule has 1 aliphatic rings. The molecule has 0 spiro atoms. The molecule has 150 valence electrons. The number of carbonyl (C=O) groups excluding carboxylic acids is 1. The second-order valence-electron chi connectivity index (χ2n) is 6.48. The highest BCUT2D eigenvalue weighted by atomic mass is 35.5. The SMILES string of the molecule is COC1CCN(C(=O)c2cc(S(=O)(=O)Nc3ccc(F)cc3)ccc2Cl)CC1. The van der Waals surface area contributed by atoms with Gasteiger partial charge in [0.1, 0.15) is 5.82 Å². The highest BCUT2D eigenvalue weighted by molar-refractivity contribution is 7.92. The molecule has 9 heteroatoms. The van der Waals surface area contributed by atoms with Crippen LogP contribution in [0.2, 0.25) is 5.02 Å². The summed E-state index contributed by atoms with van der Waals surface area (Å²) in [5.74, 6) is -0.794. The molecule has 0 radical (unpaired) electrons. The fourth-order valence-electron chi connectivity index (χ4n) is 3.03. The third kappa shape index (κ3) is 4.63. The molecule has 1 N–H and O–H groups in total. The highest BCUT2D eigenvalue weighted by Crippen LogP contribution is 2.25. The van der Waals surface area contributed by atoms with Gasteiger partial charge in [-0.15, -0.1) is 0 Å². The smallest absolute Gasteiger partial charge is 0.261 e. The molecule has 0 unspecified atom stereocenters. The van der Waals surface area contributed by atoms with Gasteiger partial charge in [0.15, 0.2) is 0 Å². The predicted octanol–water partition coefficient (Wildman–Crippen LogP) is 3.53. The standard InChI is InChI=1S/C19H20ClFN2O4S/c1-27-15-8-10-23(11-9-15)19(24)17-12-16(6-7-18(17)20)28(25,26)22-14-4-2-13(21)3-5-14/h2-7,12,15,22H,8-11H2,1H3. The van der Waals surface area contributed by atoms with Crippen molar-refractivity contribution in [1.29, 1.82) is 0 Å². The number of nitrogens with zero attached hydrogens (tertiary/aromatic N) is 1. The van der Waals surface area contributed by atoms with Crippen LogP contribution in [0.5, 0.6) is 0 Å². The van der Waals surface area contributed by atoms with E-state index in [4.69, 9.17) is 16.3 Å². The third-order valence-electron chi connectivity index (χ3n) is 4.64. The number of methoxy groups -OCH3 is 1. The molecule has 1 amide bonds. The van der Waals surface area contributed by atoms with Crippen LogP contribution in [0, 0.1) is 5.82 Å². The Hall–Kier alpha value is -2.16. The Balaban J connectivity index is 1.82. The zero-order chi connectivity index (χ0) is 20.3. The van der Waals surface area contributed by atoms with Gasteiger partial charge in [0.25, 0.3) is 15.9 Å². The first-order chi connectivity index (χ1) is 13.3. The Labute approximate surface area is 168 Å². The van der Waals surface area contributed by atoms with E-state index in [1.165, 1.54) is 30.3 Å². The quantitative estimate of drug-likeness (QED) is 0.793. The maximum atomic E-state index is 13.0. The van der Waals surface area contributed by atoms with Gasteiger partial charge in [0, 0.05) is 25.9 Å². The summed E-state index contributed by atoms with van der Waals surface area (Å²) < 4.78 is 46.0. The molecule has 2 aromatic rings. The molecule has 3 rings (SSSR count). The van der Waals surface area contributed by atoms with Crippen LogP contribution in [0.4, 0.5) is 10.1 Å². The van der Waals surface area contributed by atoms with Crippen molar-refractivity contribution in [3.8, 4) is 0 Å². The van der Waals surface area contributed by atoms with Gasteiger partial charge >= 0.3 is 0 Å². The summed E-state index contributed by atoms with van der Waals surface area (Å²) in [4.78, 5) is 14.4. The van der Waals surface area contributed by atoms with Crippen LogP contribution in [0.3, 0.4) is 0 Å². The van der Waals surface area contributed by atoms with E-state index >= 15 is 0 Å². The van der Waals surface area contributed by atoms with Gasteiger partial charge in [0.2, 0.25) is 0 Å². The Morgan fingerprint density at radius 3 is 2.43 bits per heavy atom. The maximum absolute atomic E-state index is 13.0. The molecule has 1 heterocycles. The zero-order valence-corrected chi connectivity index (χ0v) is 16.8. The number of hydrogen-bond donors (Lipinski definition) is 1. The molecule has 2 aromatic carbocycles. The topological polar surface area (TPSA) is 75.7 Å². The van der Waals surface area contributed by atoms with E-state index in [0.29, 0.717) is 25.9 Å². The van der Waals surface area contributed by atoms with Crippen LogP contribution >= 0.6 is 11.6 Å². The van der Waals surface area contributed by atoms with Crippen LogP contribution in [0.15, 0.2) is 47.4 Å². The lowest BCUT2D eigenvalue weighted by Gasteiger charge is -2.31. The zero-order valence-electron chi connectivity index (χ0n) is 15.2. The number of likely N-dealkylation sites (tertiary alicyclic amines) is 1. The number of amides is 1. The normalized spacial score (nSPS) is 15.5. The highest BCUT2D eigenvalue weighted by Gasteiger charge is 2.26. The number of piperidine rings is 1. The minimum Gasteiger partial charge on any atom is -0.381 e. The Bertz CT molecular complexity index is 958. The Morgan fingerprint density at radius 2 is 1.82 bits per heavy atom. The van der Waals surface area contributed by atoms with Gasteiger partial charge in [-0.1, -0.05) is 11.6 Å². The van der Waals surface area contributed by atoms with Crippen LogP contribution in [-0.2, 0) is 14.8 Å². The molecular weight excluding hydrogens is 407 g/mol. The molecule has 0 aromatic heterocycles. The lowest BCUT2D eigenvalue weighted by Crippen LogP contribution is -2.40. The molecule has 1 saturated heterocycles. The number of ether oxygens (including phenoxy) is 1. The second-order valence-corrected chi connectivity index (χ2v) is 8.57. The summed E-state index contributed by atoms with van der Waals surface area (Å²) in [5.41, 5.74) is 0.338. The first kappa shape index (κ1) is 20.6. The summed E-state index contributed by atoms with van der Waals surface area (Å²) in [6.07, 6.45) is 1.54. The van der Waals surface area contributed by atoms with E-state index in [0.717, 1.165) is 12.1 Å². The fraction of sp³-hybridized carbons (Fsp3) is 0.316. The number of nitrogens with one attached hydrogen (secondary N) is 1. The summed E-state index contributed by atoms with van der Waals surface area (Å²) in [7, 11) is -2.32. The van der Waals surface area contributed by atoms with Crippen molar-refractivity contribution in [3.63, 3.8) is 0 Å². The molecule has 1 fully saturated rings. The monoisotopic (exact) mass is 426 g/mol. The maximum Gasteiger partial charge on any atom is 0.261 e. The largest absolute Gasteiger partial charge is 0.381 e. The molecule has 0 aliphatic carbocycles. The van der Waals surface area contributed by atoms with Crippen molar-refractivity contribution < 1.29 is 22.3 Å². The van der Waals surface area contributed by atoms with Crippen molar-refractivity contribution in [3.05, 3.63) is 58.9 Å². The van der Waals surface area contributed by atoms with E-state index in [1.807, 2.05) is 0 Å². The van der Waals surface area contributed by atoms with Crippen LogP contribution < -0.4 is 4.72 Å². The summed E-state index contributed by atoms with van der Waals surface area (Å²) in [6, 6.07) is 8.90. The van der Waals surface area contributed by atoms with Gasteiger partial charge < -0.3 is 9.64 Å². The fourth-order valence-corrected chi connectivity index (χ4v) is 4.32. The minimum atomic E-state index is -3.96. The molecular formula is C19H20ClFN2O4S. The molecule has 28 heavy (non-hydrogen) atoms. The number of benzene rings is 2. The average Bonchev–Trinajstić information content (AvgIpc) is 2.69. The molecule has 1 aliphatic heterocycles. The van der Waals surface area contributed by atoms with E-state index < -0.39 is 15.8 Å². The number of anilines is 1. The van der Waals surface area contributed by atoms with Crippen molar-refractivity contribution in [2.75, 3.05) is 24.9 Å². The number of carbonyl (C=O) groups is 1. The Kier molecular flexibility index (Phi) is 6.22. The van der Waals surface area contributed by atoms with E-state index in [1.54, 1.807) is 12.0 Å². The first-order valence-corrected chi connectivity index (χ1v) is 10.6. The molecule has 0 atom stereocenters. The van der Waals surface area contributed by atoms with Gasteiger partial charge in [-0.2, -0.15) is 0 Å². The van der Waals surface area contributed by atoms with Crippen molar-refractivity contribution in [1.82, 2.24) is 4.90 Å². The van der Waals surface area contributed by atoms with Crippen LogP contribution in [-0.4, -0.2) is 45.5 Å². The first-order valence-electron chi connectivity index (χ1n) is 8.70. The summed E-state index contributed by atoms with van der Waals surface area (Å²) in [5, 5.41) is 0.180. The Morgan fingerprint density at radius 1 is 1.18 bits per heavy atom. The number of sulfonamides is 1. The summed E-state index contributed by atoms with van der Waals surface area (Å²) in [6.45, 7) is 1.02. The second kappa shape index (κ2) is 8.46. The number of rotatable bonds is 5. The molecule has 0 saturated carbocycles. The van der Waals surface area contributed by atoms with Crippen molar-refractivity contribution in [2.24, 2.45) is 0 Å². The average molecular weight is 427 g/mol. The minimum absolute atomic E-state index is 0.101. The van der Waals surface area contributed by atoms with E-state index in [9.17, 15) is 17.6 Å². The summed E-state index contributed by atoms with van der Waals surface area (Å²) >= 11 is 6.16. The molecule has 0 bridgehead atoms. The van der Waals surface area contributed by atoms with Gasteiger partial charge in [-0.3, -0.25) is 9.52 Å². The van der Waals surface area contributed by atoms with Gasteiger partial charge in [-0.25, -0.2) is 12.8 Å². The van der Waals surface area contributed by atoms with Crippen molar-refractivity contribution >= 4 is 33.2 Å². The van der Waals surface area contributed by atoms with E-state index in [2.05, 4.69) is 4.72 Å². The van der Waals surface area contributed by atoms with Gasteiger partial charge in [-0.05, 0) is 55.3 Å². The van der Waals surface area contributed by atoms with Crippen LogP contribution in [0.25, 0.3) is 0 Å². The van der Waals surface area contributed by atoms with Crippen molar-refractivity contribution in [2.45, 2.75) is 23.8 Å². The lowest BCUT2D eigenvalue weighted by atomic mass is 10.1. The number of halogens is 2. The number of hydrogen-bond acceptors (Lipinski definition) is 4. The lowest BCUT2D eigenvalue weighted by molar-refractivity contribution is 0.0351. The predicted molar refractivity (Wildman–Crippen MR) is 105 cm³/mol. The molecule has 6 nitrogen and oxygen atoms in total. The van der Waals surface area contributed by atoms with Crippen LogP contribution in [0.1, 0.15) is 23.2 Å². The van der Waals surface area contributed by atoms with E-state index in [-0.39, 0.29) is 33.2 Å².